The molecule has 9 heteroatoms. The van der Waals surface area contributed by atoms with Gasteiger partial charge in [0, 0.05) is 29.7 Å². The lowest BCUT2D eigenvalue weighted by molar-refractivity contribution is -0.385. The van der Waals surface area contributed by atoms with Gasteiger partial charge >= 0.3 is 5.97 Å². The van der Waals surface area contributed by atoms with Crippen LogP contribution in [0.2, 0.25) is 0 Å². The highest BCUT2D eigenvalue weighted by Crippen LogP contribution is 2.33. The second-order valence-electron chi connectivity index (χ2n) is 7.18. The average molecular weight is 435 g/mol. The number of carbonyl (C=O) groups is 2. The summed E-state index contributed by atoms with van der Waals surface area (Å²) >= 11 is 0. The minimum absolute atomic E-state index is 0.121. The van der Waals surface area contributed by atoms with E-state index in [1.807, 2.05) is 24.3 Å². The fourth-order valence-corrected chi connectivity index (χ4v) is 3.86. The van der Waals surface area contributed by atoms with E-state index >= 15 is 0 Å². The Hall–Kier alpha value is -4.14. The summed E-state index contributed by atoms with van der Waals surface area (Å²) in [6.45, 7) is 2.09. The Labute approximate surface area is 183 Å². The molecule has 0 radical (unpaired) electrons. The molecular weight excluding hydrogens is 414 g/mol. The van der Waals surface area contributed by atoms with E-state index in [-0.39, 0.29) is 30.0 Å². The van der Waals surface area contributed by atoms with Crippen LogP contribution in [0, 0.1) is 10.1 Å². The van der Waals surface area contributed by atoms with Gasteiger partial charge in [-0.1, -0.05) is 18.2 Å². The molecule has 0 atom stereocenters. The maximum Gasteiger partial charge on any atom is 0.341 e. The lowest BCUT2D eigenvalue weighted by Crippen LogP contribution is -2.28. The molecule has 0 unspecified atom stereocenters. The minimum atomic E-state index is -0.615. The number of benzene rings is 2. The summed E-state index contributed by atoms with van der Waals surface area (Å²) in [5.74, 6) is -0.869. The summed E-state index contributed by atoms with van der Waals surface area (Å²) in [6.07, 6.45) is 1.85. The molecule has 0 fully saturated rings. The molecule has 1 aliphatic rings. The van der Waals surface area contributed by atoms with Crippen LogP contribution in [-0.4, -0.2) is 46.9 Å². The number of rotatable bonds is 5. The smallest absolute Gasteiger partial charge is 0.341 e. The SMILES string of the molecule is CCOC(=O)C1=CN(C(=O)c2cc(OC)ccc2[N+](=O)[O-])CCc2c1[nH]c1ccccc21. The zero-order chi connectivity index (χ0) is 22.8. The number of nitrogens with one attached hydrogen (secondary N) is 1. The molecule has 4 rings (SSSR count). The summed E-state index contributed by atoms with van der Waals surface area (Å²) in [5, 5.41) is 12.5. The Morgan fingerprint density at radius 1 is 1.22 bits per heavy atom. The number of amides is 1. The summed E-state index contributed by atoms with van der Waals surface area (Å²) in [5.41, 5.74) is 2.07. The first-order chi connectivity index (χ1) is 15.4. The molecule has 1 amide bonds. The highest BCUT2D eigenvalue weighted by atomic mass is 16.6. The predicted octanol–water partition coefficient (Wildman–Crippen LogP) is 3.69. The van der Waals surface area contributed by atoms with Crippen molar-refractivity contribution in [2.24, 2.45) is 0 Å². The molecule has 164 valence electrons. The number of nitrogens with zero attached hydrogens (tertiary/aromatic N) is 2. The van der Waals surface area contributed by atoms with Crippen molar-refractivity contribution in [1.82, 2.24) is 9.88 Å². The summed E-state index contributed by atoms with van der Waals surface area (Å²) in [7, 11) is 1.41. The molecule has 9 nitrogen and oxygen atoms in total. The van der Waals surface area contributed by atoms with Crippen LogP contribution < -0.4 is 4.74 Å². The van der Waals surface area contributed by atoms with Crippen LogP contribution in [0.1, 0.15) is 28.5 Å². The van der Waals surface area contributed by atoms with Gasteiger partial charge in [0.2, 0.25) is 0 Å². The molecule has 1 aromatic heterocycles. The van der Waals surface area contributed by atoms with Gasteiger partial charge in [-0.2, -0.15) is 0 Å². The molecule has 0 saturated carbocycles. The van der Waals surface area contributed by atoms with E-state index in [0.29, 0.717) is 17.9 Å². The molecule has 0 saturated heterocycles. The van der Waals surface area contributed by atoms with Gasteiger partial charge in [-0.15, -0.1) is 0 Å². The van der Waals surface area contributed by atoms with Crippen molar-refractivity contribution in [2.75, 3.05) is 20.3 Å². The number of aromatic amines is 1. The normalized spacial score (nSPS) is 13.2. The van der Waals surface area contributed by atoms with Crippen LogP contribution in [0.15, 0.2) is 48.7 Å². The first-order valence-corrected chi connectivity index (χ1v) is 10.1. The number of nitro benzene ring substituents is 1. The van der Waals surface area contributed by atoms with Crippen LogP contribution >= 0.6 is 0 Å². The summed E-state index contributed by atoms with van der Waals surface area (Å²) in [4.78, 5) is 41.6. The molecular formula is C23H21N3O6. The predicted molar refractivity (Wildman–Crippen MR) is 117 cm³/mol. The second kappa shape index (κ2) is 8.54. The zero-order valence-electron chi connectivity index (χ0n) is 17.6. The van der Waals surface area contributed by atoms with Crippen molar-refractivity contribution in [3.63, 3.8) is 0 Å². The number of methoxy groups -OCH3 is 1. The Kier molecular flexibility index (Phi) is 5.63. The lowest BCUT2D eigenvalue weighted by Gasteiger charge is -2.18. The number of ether oxygens (including phenoxy) is 2. The molecule has 3 aromatic rings. The van der Waals surface area contributed by atoms with Crippen molar-refractivity contribution in [2.45, 2.75) is 13.3 Å². The summed E-state index contributed by atoms with van der Waals surface area (Å²) in [6, 6.07) is 11.6. The minimum Gasteiger partial charge on any atom is -0.497 e. The Morgan fingerprint density at radius 3 is 2.72 bits per heavy atom. The molecule has 0 spiro atoms. The Morgan fingerprint density at radius 2 is 2.00 bits per heavy atom. The first kappa shape index (κ1) is 21.1. The zero-order valence-corrected chi connectivity index (χ0v) is 17.6. The van der Waals surface area contributed by atoms with Gasteiger partial charge < -0.3 is 19.4 Å². The van der Waals surface area contributed by atoms with Gasteiger partial charge in [0.1, 0.15) is 11.3 Å². The van der Waals surface area contributed by atoms with Gasteiger partial charge in [-0.05, 0) is 37.1 Å². The maximum absolute atomic E-state index is 13.4. The van der Waals surface area contributed by atoms with Gasteiger partial charge in [-0.25, -0.2) is 4.79 Å². The van der Waals surface area contributed by atoms with E-state index < -0.39 is 16.8 Å². The number of para-hydroxylation sites is 1. The van der Waals surface area contributed by atoms with Crippen molar-refractivity contribution in [3.8, 4) is 5.75 Å². The highest BCUT2D eigenvalue weighted by Gasteiger charge is 2.30. The van der Waals surface area contributed by atoms with Crippen molar-refractivity contribution >= 4 is 34.0 Å². The maximum atomic E-state index is 13.4. The largest absolute Gasteiger partial charge is 0.497 e. The van der Waals surface area contributed by atoms with Crippen LogP contribution in [0.4, 0.5) is 5.69 Å². The number of fused-ring (bicyclic) bond motifs is 3. The number of carbonyl (C=O) groups excluding carboxylic acids is 2. The van der Waals surface area contributed by atoms with Crippen LogP contribution in [0.3, 0.4) is 0 Å². The number of nitro groups is 1. The molecule has 0 aliphatic carbocycles. The fraction of sp³-hybridized carbons (Fsp3) is 0.217. The first-order valence-electron chi connectivity index (χ1n) is 10.1. The van der Waals surface area contributed by atoms with Gasteiger partial charge in [0.25, 0.3) is 11.6 Å². The Balaban J connectivity index is 1.82. The third-order valence-corrected chi connectivity index (χ3v) is 5.36. The van der Waals surface area contributed by atoms with E-state index in [0.717, 1.165) is 16.5 Å². The number of esters is 1. The lowest BCUT2D eigenvalue weighted by atomic mass is 10.0. The molecule has 0 bridgehead atoms. The monoisotopic (exact) mass is 435 g/mol. The van der Waals surface area contributed by atoms with Crippen molar-refractivity contribution < 1.29 is 24.0 Å². The third kappa shape index (κ3) is 3.68. The van der Waals surface area contributed by atoms with Gasteiger partial charge in [-0.3, -0.25) is 14.9 Å². The Bertz CT molecular complexity index is 1260. The standard InChI is InChI=1S/C23H21N3O6/c1-3-32-23(28)18-13-25(11-10-16-15-6-4-5-7-19(15)24-21(16)18)22(27)17-12-14(31-2)8-9-20(17)26(29)30/h4-9,12-13,24H,3,10-11H2,1-2H3. The van der Waals surface area contributed by atoms with E-state index in [1.54, 1.807) is 6.92 Å². The number of H-pyrrole nitrogens is 1. The average Bonchev–Trinajstić information content (AvgIpc) is 3.05. The van der Waals surface area contributed by atoms with E-state index in [1.165, 1.54) is 36.4 Å². The van der Waals surface area contributed by atoms with E-state index in [2.05, 4.69) is 4.98 Å². The number of hydrogen-bond acceptors (Lipinski definition) is 6. The molecule has 2 heterocycles. The van der Waals surface area contributed by atoms with E-state index in [9.17, 15) is 19.7 Å². The van der Waals surface area contributed by atoms with Crippen LogP contribution in [-0.2, 0) is 16.0 Å². The topological polar surface area (TPSA) is 115 Å². The van der Waals surface area contributed by atoms with E-state index in [4.69, 9.17) is 9.47 Å². The number of aromatic nitrogens is 1. The molecule has 1 aliphatic heterocycles. The van der Waals surface area contributed by atoms with Gasteiger partial charge in [0.05, 0.1) is 29.9 Å². The van der Waals surface area contributed by atoms with Gasteiger partial charge in [0.15, 0.2) is 0 Å². The quantitative estimate of drug-likeness (QED) is 0.371. The van der Waals surface area contributed by atoms with Crippen LogP contribution in [0.25, 0.3) is 16.5 Å². The second-order valence-corrected chi connectivity index (χ2v) is 7.18. The fourth-order valence-electron chi connectivity index (χ4n) is 3.86. The molecule has 32 heavy (non-hydrogen) atoms. The highest BCUT2D eigenvalue weighted by molar-refractivity contribution is 6.18. The van der Waals surface area contributed by atoms with Crippen molar-refractivity contribution in [1.29, 1.82) is 0 Å². The van der Waals surface area contributed by atoms with Crippen LogP contribution in [0.5, 0.6) is 5.75 Å². The number of hydrogen-bond donors (Lipinski definition) is 1. The molecule has 1 N–H and O–H groups in total. The van der Waals surface area contributed by atoms with Crippen molar-refractivity contribution in [3.05, 3.63) is 75.6 Å². The molecule has 2 aromatic carbocycles. The summed E-state index contributed by atoms with van der Waals surface area (Å²) < 4.78 is 10.4. The third-order valence-electron chi connectivity index (χ3n) is 5.36.